The normalized spacial score (nSPS) is 12.3. The first kappa shape index (κ1) is 25.0. The number of halogens is 1. The van der Waals surface area contributed by atoms with Crippen LogP contribution in [0.4, 0.5) is 5.69 Å². The summed E-state index contributed by atoms with van der Waals surface area (Å²) in [6, 6.07) is 24.4. The van der Waals surface area contributed by atoms with Crippen molar-refractivity contribution in [1.82, 2.24) is 14.8 Å². The van der Waals surface area contributed by atoms with Crippen molar-refractivity contribution in [2.24, 2.45) is 0 Å². The number of hydrogen-bond acceptors (Lipinski definition) is 6. The second-order valence-corrected chi connectivity index (χ2v) is 11.3. The third kappa shape index (κ3) is 6.11. The third-order valence-corrected chi connectivity index (χ3v) is 8.31. The summed E-state index contributed by atoms with van der Waals surface area (Å²) in [7, 11) is -3.65. The van der Waals surface area contributed by atoms with Gasteiger partial charge in [-0.05, 0) is 48.9 Å². The molecule has 1 aromatic heterocycles. The van der Waals surface area contributed by atoms with Crippen molar-refractivity contribution in [3.8, 4) is 5.69 Å². The fraction of sp³-hybridized carbons (Fsp3) is 0.160. The van der Waals surface area contributed by atoms with E-state index in [1.54, 1.807) is 59.2 Å². The Morgan fingerprint density at radius 3 is 2.34 bits per heavy atom. The van der Waals surface area contributed by atoms with Gasteiger partial charge in [-0.1, -0.05) is 72.8 Å². The van der Waals surface area contributed by atoms with E-state index in [0.717, 1.165) is 0 Å². The Bertz CT molecular complexity index is 1410. The zero-order chi connectivity index (χ0) is 24.8. The molecule has 0 bridgehead atoms. The van der Waals surface area contributed by atoms with Crippen LogP contribution >= 0.6 is 23.4 Å². The number of sulfone groups is 1. The molecule has 1 N–H and O–H groups in total. The Balaban J connectivity index is 1.64. The van der Waals surface area contributed by atoms with Gasteiger partial charge in [0.05, 0.1) is 10.1 Å². The fourth-order valence-corrected chi connectivity index (χ4v) is 5.87. The van der Waals surface area contributed by atoms with E-state index in [0.29, 0.717) is 28.0 Å². The maximum atomic E-state index is 13.0. The number of rotatable bonds is 9. The molecule has 7 nitrogen and oxygen atoms in total. The molecular weight excluding hydrogens is 504 g/mol. The maximum Gasteiger partial charge on any atom is 0.237 e. The van der Waals surface area contributed by atoms with Crippen LogP contribution in [0.15, 0.2) is 95.0 Å². The van der Waals surface area contributed by atoms with Gasteiger partial charge in [0.15, 0.2) is 20.8 Å². The van der Waals surface area contributed by atoms with Crippen molar-refractivity contribution in [2.45, 2.75) is 34.4 Å². The third-order valence-electron chi connectivity index (χ3n) is 5.14. The maximum absolute atomic E-state index is 13.0. The van der Waals surface area contributed by atoms with Crippen molar-refractivity contribution < 1.29 is 13.2 Å². The number of hydrogen-bond donors (Lipinski definition) is 1. The summed E-state index contributed by atoms with van der Waals surface area (Å²) in [5, 5.41) is 11.8. The standard InChI is InChI=1S/C25H23ClN4O3S2/c1-2-22(24(31)27-19-11-9-10-18(26)16-19)34-25-29-28-23(30(25)20-12-5-3-6-13-20)17-35(32,33)21-14-7-4-8-15-21/h3-16,22H,2,17H2,1H3,(H,27,31). The predicted molar refractivity (Wildman–Crippen MR) is 139 cm³/mol. The molecule has 180 valence electrons. The fourth-order valence-electron chi connectivity index (χ4n) is 3.43. The first-order valence-electron chi connectivity index (χ1n) is 10.9. The predicted octanol–water partition coefficient (Wildman–Crippen LogP) is 5.40. The minimum atomic E-state index is -3.65. The molecule has 10 heteroatoms. The molecule has 3 aromatic carbocycles. The van der Waals surface area contributed by atoms with Crippen LogP contribution in [0.1, 0.15) is 19.2 Å². The number of carbonyl (C=O) groups is 1. The van der Waals surface area contributed by atoms with Crippen molar-refractivity contribution in [3.63, 3.8) is 0 Å². The number of carbonyl (C=O) groups excluding carboxylic acids is 1. The second kappa shape index (κ2) is 11.1. The van der Waals surface area contributed by atoms with Gasteiger partial charge in [0.25, 0.3) is 0 Å². The van der Waals surface area contributed by atoms with Crippen LogP contribution in [-0.4, -0.2) is 34.3 Å². The van der Waals surface area contributed by atoms with Crippen LogP contribution in [-0.2, 0) is 20.4 Å². The number of thioether (sulfide) groups is 1. The first-order chi connectivity index (χ1) is 16.9. The molecule has 0 saturated carbocycles. The van der Waals surface area contributed by atoms with Crippen molar-refractivity contribution in [2.75, 3.05) is 5.32 Å². The monoisotopic (exact) mass is 526 g/mol. The van der Waals surface area contributed by atoms with E-state index in [4.69, 9.17) is 11.6 Å². The van der Waals surface area contributed by atoms with Crippen LogP contribution in [0.5, 0.6) is 0 Å². The molecule has 0 radical (unpaired) electrons. The molecule has 1 atom stereocenters. The van der Waals surface area contributed by atoms with Gasteiger partial charge in [-0.15, -0.1) is 10.2 Å². The molecule has 1 unspecified atom stereocenters. The number of anilines is 1. The van der Waals surface area contributed by atoms with E-state index in [9.17, 15) is 13.2 Å². The van der Waals surface area contributed by atoms with E-state index < -0.39 is 15.1 Å². The Morgan fingerprint density at radius 1 is 1.00 bits per heavy atom. The smallest absolute Gasteiger partial charge is 0.237 e. The van der Waals surface area contributed by atoms with Gasteiger partial charge in [-0.2, -0.15) is 0 Å². The highest BCUT2D eigenvalue weighted by atomic mass is 35.5. The van der Waals surface area contributed by atoms with Crippen molar-refractivity contribution in [1.29, 1.82) is 0 Å². The molecule has 1 amide bonds. The molecule has 0 fully saturated rings. The van der Waals surface area contributed by atoms with Gasteiger partial charge < -0.3 is 5.32 Å². The number of nitrogens with zero attached hydrogens (tertiary/aromatic N) is 3. The summed E-state index contributed by atoms with van der Waals surface area (Å²) in [6.45, 7) is 1.90. The van der Waals surface area contributed by atoms with Crippen LogP contribution in [0.25, 0.3) is 5.69 Å². The highest BCUT2D eigenvalue weighted by molar-refractivity contribution is 8.00. The lowest BCUT2D eigenvalue weighted by atomic mass is 10.3. The average molecular weight is 527 g/mol. The number of amides is 1. The number of benzene rings is 3. The molecule has 0 spiro atoms. The van der Waals surface area contributed by atoms with Crippen molar-refractivity contribution in [3.05, 3.63) is 95.8 Å². The topological polar surface area (TPSA) is 93.9 Å². The van der Waals surface area contributed by atoms with Crippen LogP contribution in [0, 0.1) is 0 Å². The second-order valence-electron chi connectivity index (χ2n) is 7.66. The summed E-state index contributed by atoms with van der Waals surface area (Å²) in [6.07, 6.45) is 0.524. The van der Waals surface area contributed by atoms with E-state index >= 15 is 0 Å². The van der Waals surface area contributed by atoms with Crippen LogP contribution < -0.4 is 5.32 Å². The SMILES string of the molecule is CCC(Sc1nnc(CS(=O)(=O)c2ccccc2)n1-c1ccccc1)C(=O)Nc1cccc(Cl)c1. The number of aromatic nitrogens is 3. The molecule has 0 aliphatic rings. The highest BCUT2D eigenvalue weighted by Gasteiger charge is 2.26. The van der Waals surface area contributed by atoms with Crippen LogP contribution in [0.2, 0.25) is 5.02 Å². The van der Waals surface area contributed by atoms with Gasteiger partial charge >= 0.3 is 0 Å². The lowest BCUT2D eigenvalue weighted by Crippen LogP contribution is -2.25. The molecule has 4 aromatic rings. The molecule has 35 heavy (non-hydrogen) atoms. The average Bonchev–Trinajstić information content (AvgIpc) is 3.24. The zero-order valence-corrected chi connectivity index (χ0v) is 21.2. The van der Waals surface area contributed by atoms with Gasteiger partial charge in [-0.3, -0.25) is 9.36 Å². The van der Waals surface area contributed by atoms with E-state index in [2.05, 4.69) is 15.5 Å². The minimum absolute atomic E-state index is 0.208. The Hall–Kier alpha value is -3.14. The zero-order valence-electron chi connectivity index (χ0n) is 18.8. The number of nitrogens with one attached hydrogen (secondary N) is 1. The summed E-state index contributed by atoms with van der Waals surface area (Å²) < 4.78 is 27.8. The molecule has 0 aliphatic heterocycles. The van der Waals surface area contributed by atoms with Gasteiger partial charge in [-0.25, -0.2) is 8.42 Å². The van der Waals surface area contributed by atoms with Gasteiger partial charge in [0, 0.05) is 16.4 Å². The molecular formula is C25H23ClN4O3S2. The van der Waals surface area contributed by atoms with Gasteiger partial charge in [0.2, 0.25) is 5.91 Å². The highest BCUT2D eigenvalue weighted by Crippen LogP contribution is 2.30. The molecule has 0 saturated heterocycles. The molecule has 0 aliphatic carbocycles. The molecule has 4 rings (SSSR count). The van der Waals surface area contributed by atoms with E-state index in [1.807, 2.05) is 37.3 Å². The Labute approximate surface area is 213 Å². The Kier molecular flexibility index (Phi) is 7.90. The quantitative estimate of drug-likeness (QED) is 0.293. The largest absolute Gasteiger partial charge is 0.325 e. The Morgan fingerprint density at radius 2 is 1.69 bits per heavy atom. The first-order valence-corrected chi connectivity index (χ1v) is 13.8. The summed E-state index contributed by atoms with van der Waals surface area (Å²) >= 11 is 7.27. The lowest BCUT2D eigenvalue weighted by molar-refractivity contribution is -0.115. The molecule has 1 heterocycles. The summed E-state index contributed by atoms with van der Waals surface area (Å²) in [4.78, 5) is 13.2. The number of para-hydroxylation sites is 1. The van der Waals surface area contributed by atoms with Crippen molar-refractivity contribution >= 4 is 44.8 Å². The minimum Gasteiger partial charge on any atom is -0.325 e. The van der Waals surface area contributed by atoms with Crippen LogP contribution in [0.3, 0.4) is 0 Å². The summed E-state index contributed by atoms with van der Waals surface area (Å²) in [5.74, 6) is -0.265. The lowest BCUT2D eigenvalue weighted by Gasteiger charge is -2.16. The van der Waals surface area contributed by atoms with Gasteiger partial charge in [0.1, 0.15) is 5.75 Å². The van der Waals surface area contributed by atoms with E-state index in [-0.39, 0.29) is 22.4 Å². The summed E-state index contributed by atoms with van der Waals surface area (Å²) in [5.41, 5.74) is 1.31. The van der Waals surface area contributed by atoms with E-state index in [1.165, 1.54) is 11.8 Å².